The zero-order chi connectivity index (χ0) is 8.16. The normalized spacial score (nSPS) is 21.4. The van der Waals surface area contributed by atoms with Crippen molar-refractivity contribution in [3.05, 3.63) is 0 Å². The van der Waals surface area contributed by atoms with Gasteiger partial charge in [-0.2, -0.15) is 10.3 Å². The predicted molar refractivity (Wildman–Crippen MR) is 39.6 cm³/mol. The molecule has 0 saturated heterocycles. The van der Waals surface area contributed by atoms with E-state index in [1.165, 1.54) is 6.08 Å². The van der Waals surface area contributed by atoms with Crippen LogP contribution in [0.5, 0.6) is 0 Å². The summed E-state index contributed by atoms with van der Waals surface area (Å²) in [6.07, 6.45) is 6.07. The molecular weight excluding hydrogens is 140 g/mol. The third kappa shape index (κ3) is 1.66. The van der Waals surface area contributed by atoms with Crippen LogP contribution in [-0.4, -0.2) is 11.6 Å². The number of rotatable bonds is 1. The van der Waals surface area contributed by atoms with E-state index < -0.39 is 5.54 Å². The summed E-state index contributed by atoms with van der Waals surface area (Å²) in [5, 5.41) is 8.75. The maximum absolute atomic E-state index is 9.99. The van der Waals surface area contributed by atoms with Crippen molar-refractivity contribution in [3.8, 4) is 6.07 Å². The van der Waals surface area contributed by atoms with E-state index in [2.05, 4.69) is 11.1 Å². The second kappa shape index (κ2) is 3.32. The molecule has 0 aromatic heterocycles. The number of hydrogen-bond donors (Lipinski definition) is 0. The van der Waals surface area contributed by atoms with E-state index in [4.69, 9.17) is 5.26 Å². The maximum atomic E-state index is 9.99. The van der Waals surface area contributed by atoms with Gasteiger partial charge in [0.05, 0.1) is 6.07 Å². The first kappa shape index (κ1) is 7.97. The van der Waals surface area contributed by atoms with Crippen molar-refractivity contribution in [1.29, 1.82) is 5.26 Å². The smallest absolute Gasteiger partial charge is 0.211 e. The molecule has 0 aromatic rings. The molecule has 0 atom stereocenters. The third-order valence-electron chi connectivity index (χ3n) is 2.15. The largest absolute Gasteiger partial charge is 0.236 e. The molecule has 0 spiro atoms. The van der Waals surface area contributed by atoms with Gasteiger partial charge in [0.25, 0.3) is 0 Å². The molecule has 1 aliphatic carbocycles. The van der Waals surface area contributed by atoms with E-state index in [0.29, 0.717) is 0 Å². The first-order chi connectivity index (χ1) is 5.33. The minimum atomic E-state index is -0.722. The maximum Gasteiger partial charge on any atom is 0.236 e. The van der Waals surface area contributed by atoms with Gasteiger partial charge in [-0.1, -0.05) is 6.42 Å². The Hall–Kier alpha value is -1.13. The summed E-state index contributed by atoms with van der Waals surface area (Å²) in [4.78, 5) is 13.6. The first-order valence-corrected chi connectivity index (χ1v) is 3.83. The van der Waals surface area contributed by atoms with Gasteiger partial charge >= 0.3 is 0 Å². The molecule has 1 saturated carbocycles. The van der Waals surface area contributed by atoms with Crippen LogP contribution in [-0.2, 0) is 4.79 Å². The van der Waals surface area contributed by atoms with Crippen LogP contribution in [0.4, 0.5) is 0 Å². The van der Waals surface area contributed by atoms with E-state index in [1.54, 1.807) is 0 Å². The van der Waals surface area contributed by atoms with Crippen LogP contribution in [0, 0.1) is 11.3 Å². The molecule has 0 bridgehead atoms. The Balaban J connectivity index is 2.74. The van der Waals surface area contributed by atoms with Gasteiger partial charge in [-0.05, 0) is 25.7 Å². The number of carbonyl (C=O) groups excluding carboxylic acids is 1. The highest BCUT2D eigenvalue weighted by Gasteiger charge is 2.31. The SMILES string of the molecule is N#CC1(N=C=O)CCCCC1. The molecule has 0 radical (unpaired) electrons. The lowest BCUT2D eigenvalue weighted by molar-refractivity contribution is 0.367. The van der Waals surface area contributed by atoms with Gasteiger partial charge in [0, 0.05) is 0 Å². The van der Waals surface area contributed by atoms with Gasteiger partial charge in [0.2, 0.25) is 6.08 Å². The molecule has 1 rings (SSSR count). The number of hydrogen-bond acceptors (Lipinski definition) is 3. The molecule has 0 N–H and O–H groups in total. The highest BCUT2D eigenvalue weighted by Crippen LogP contribution is 2.30. The fraction of sp³-hybridized carbons (Fsp3) is 0.750. The molecule has 3 nitrogen and oxygen atoms in total. The fourth-order valence-corrected chi connectivity index (χ4v) is 1.47. The third-order valence-corrected chi connectivity index (χ3v) is 2.15. The molecular formula is C8H10N2O. The zero-order valence-corrected chi connectivity index (χ0v) is 6.34. The second-order valence-corrected chi connectivity index (χ2v) is 2.91. The summed E-state index contributed by atoms with van der Waals surface area (Å²) in [7, 11) is 0. The van der Waals surface area contributed by atoms with Crippen LogP contribution in [0.15, 0.2) is 4.99 Å². The summed E-state index contributed by atoms with van der Waals surface area (Å²) < 4.78 is 0. The lowest BCUT2D eigenvalue weighted by atomic mass is 9.84. The molecule has 0 unspecified atom stereocenters. The molecule has 0 aliphatic heterocycles. The Labute approximate surface area is 65.7 Å². The molecule has 1 aliphatic rings. The van der Waals surface area contributed by atoms with E-state index in [9.17, 15) is 4.79 Å². The molecule has 0 amide bonds. The Kier molecular flexibility index (Phi) is 2.40. The average Bonchev–Trinajstić information content (AvgIpc) is 2.07. The summed E-state index contributed by atoms with van der Waals surface area (Å²) in [5.41, 5.74) is -0.722. The van der Waals surface area contributed by atoms with Gasteiger partial charge < -0.3 is 0 Å². The summed E-state index contributed by atoms with van der Waals surface area (Å²) >= 11 is 0. The predicted octanol–water partition coefficient (Wildman–Crippen LogP) is 1.55. The molecule has 58 valence electrons. The number of nitriles is 1. The van der Waals surface area contributed by atoms with Crippen molar-refractivity contribution >= 4 is 6.08 Å². The minimum absolute atomic E-state index is 0.721. The Morgan fingerprint density at radius 2 is 1.91 bits per heavy atom. The summed E-state index contributed by atoms with van der Waals surface area (Å²) in [6, 6.07) is 2.09. The number of isocyanates is 1. The second-order valence-electron chi connectivity index (χ2n) is 2.91. The standard InChI is InChI=1S/C8H10N2O/c9-6-8(10-7-11)4-2-1-3-5-8/h1-5H2. The van der Waals surface area contributed by atoms with Crippen molar-refractivity contribution in [2.24, 2.45) is 4.99 Å². The Morgan fingerprint density at radius 3 is 2.36 bits per heavy atom. The lowest BCUT2D eigenvalue weighted by Gasteiger charge is -2.24. The van der Waals surface area contributed by atoms with Gasteiger partial charge in [-0.25, -0.2) is 4.79 Å². The van der Waals surface area contributed by atoms with E-state index in [0.717, 1.165) is 32.1 Å². The van der Waals surface area contributed by atoms with Gasteiger partial charge in [-0.15, -0.1) is 0 Å². The monoisotopic (exact) mass is 150 g/mol. The van der Waals surface area contributed by atoms with Crippen LogP contribution < -0.4 is 0 Å². The zero-order valence-electron chi connectivity index (χ0n) is 6.34. The highest BCUT2D eigenvalue weighted by molar-refractivity contribution is 5.37. The quantitative estimate of drug-likeness (QED) is 0.420. The average molecular weight is 150 g/mol. The number of nitrogens with zero attached hydrogens (tertiary/aromatic N) is 2. The van der Waals surface area contributed by atoms with Gasteiger partial charge in [0.1, 0.15) is 0 Å². The van der Waals surface area contributed by atoms with Gasteiger partial charge in [0.15, 0.2) is 5.54 Å². The van der Waals surface area contributed by atoms with Crippen LogP contribution >= 0.6 is 0 Å². The van der Waals surface area contributed by atoms with Gasteiger partial charge in [-0.3, -0.25) is 0 Å². The Bertz CT molecular complexity index is 217. The summed E-state index contributed by atoms with van der Waals surface area (Å²) in [6.45, 7) is 0. The van der Waals surface area contributed by atoms with Crippen LogP contribution in [0.3, 0.4) is 0 Å². The number of aliphatic imine (C=N–C) groups is 1. The topological polar surface area (TPSA) is 53.2 Å². The molecule has 0 heterocycles. The van der Waals surface area contributed by atoms with Crippen LogP contribution in [0.25, 0.3) is 0 Å². The van der Waals surface area contributed by atoms with E-state index in [-0.39, 0.29) is 0 Å². The lowest BCUT2D eigenvalue weighted by Crippen LogP contribution is -2.26. The summed E-state index contributed by atoms with van der Waals surface area (Å²) in [5.74, 6) is 0. The van der Waals surface area contributed by atoms with Crippen molar-refractivity contribution in [3.63, 3.8) is 0 Å². The van der Waals surface area contributed by atoms with Crippen molar-refractivity contribution in [2.75, 3.05) is 0 Å². The van der Waals surface area contributed by atoms with Crippen molar-refractivity contribution in [1.82, 2.24) is 0 Å². The molecule has 11 heavy (non-hydrogen) atoms. The first-order valence-electron chi connectivity index (χ1n) is 3.83. The molecule has 0 aromatic carbocycles. The molecule has 3 heteroatoms. The van der Waals surface area contributed by atoms with Crippen LogP contribution in [0.2, 0.25) is 0 Å². The van der Waals surface area contributed by atoms with E-state index >= 15 is 0 Å². The molecule has 1 fully saturated rings. The fourth-order valence-electron chi connectivity index (χ4n) is 1.47. The Morgan fingerprint density at radius 1 is 1.27 bits per heavy atom. The highest BCUT2D eigenvalue weighted by atomic mass is 16.1. The van der Waals surface area contributed by atoms with Crippen molar-refractivity contribution < 1.29 is 4.79 Å². The van der Waals surface area contributed by atoms with Crippen LogP contribution in [0.1, 0.15) is 32.1 Å². The van der Waals surface area contributed by atoms with Crippen molar-refractivity contribution in [2.45, 2.75) is 37.6 Å². The van der Waals surface area contributed by atoms with E-state index in [1.807, 2.05) is 0 Å². The minimum Gasteiger partial charge on any atom is -0.211 e.